The van der Waals surface area contributed by atoms with E-state index in [1.807, 2.05) is 18.2 Å². The maximum absolute atomic E-state index is 13.1. The normalized spacial score (nSPS) is 10.0. The first-order chi connectivity index (χ1) is 8.15. The number of anilines is 1. The second kappa shape index (κ2) is 5.10. The van der Waals surface area contributed by atoms with Gasteiger partial charge in [-0.1, -0.05) is 34.1 Å². The molecule has 0 heterocycles. The fourth-order valence-corrected chi connectivity index (χ4v) is 1.87. The van der Waals surface area contributed by atoms with Gasteiger partial charge in [-0.25, -0.2) is 4.39 Å². The van der Waals surface area contributed by atoms with Crippen molar-refractivity contribution in [3.05, 3.63) is 64.4 Å². The van der Waals surface area contributed by atoms with Crippen LogP contribution in [0.15, 0.2) is 53.0 Å². The lowest BCUT2D eigenvalue weighted by Gasteiger charge is -2.05. The highest BCUT2D eigenvalue weighted by Gasteiger charge is 2.08. The molecular formula is C13H9BrFNO. The molecule has 0 aromatic heterocycles. The van der Waals surface area contributed by atoms with Gasteiger partial charge in [0.1, 0.15) is 5.82 Å². The summed E-state index contributed by atoms with van der Waals surface area (Å²) in [6.45, 7) is 0. The zero-order chi connectivity index (χ0) is 12.3. The molecule has 0 fully saturated rings. The van der Waals surface area contributed by atoms with Crippen molar-refractivity contribution in [1.82, 2.24) is 0 Å². The predicted octanol–water partition coefficient (Wildman–Crippen LogP) is 3.84. The van der Waals surface area contributed by atoms with Crippen molar-refractivity contribution in [3.63, 3.8) is 0 Å². The summed E-state index contributed by atoms with van der Waals surface area (Å²) in [6.07, 6.45) is 0. The number of carbonyl (C=O) groups excluding carboxylic acids is 1. The van der Waals surface area contributed by atoms with Crippen molar-refractivity contribution in [3.8, 4) is 0 Å². The Hall–Kier alpha value is -1.68. The van der Waals surface area contributed by atoms with E-state index in [9.17, 15) is 9.18 Å². The van der Waals surface area contributed by atoms with Gasteiger partial charge in [-0.15, -0.1) is 0 Å². The van der Waals surface area contributed by atoms with Crippen LogP contribution in [0.25, 0.3) is 0 Å². The van der Waals surface area contributed by atoms with E-state index in [1.54, 1.807) is 18.2 Å². The molecule has 1 amide bonds. The van der Waals surface area contributed by atoms with Crippen LogP contribution in [0.3, 0.4) is 0 Å². The van der Waals surface area contributed by atoms with Crippen molar-refractivity contribution >= 4 is 27.5 Å². The fourth-order valence-electron chi connectivity index (χ4n) is 1.41. The molecule has 0 radical (unpaired) electrons. The number of halogens is 2. The van der Waals surface area contributed by atoms with Crippen molar-refractivity contribution in [1.29, 1.82) is 0 Å². The van der Waals surface area contributed by atoms with Gasteiger partial charge in [-0.3, -0.25) is 4.79 Å². The minimum atomic E-state index is -0.447. The monoisotopic (exact) mass is 293 g/mol. The van der Waals surface area contributed by atoms with Crippen LogP contribution >= 0.6 is 15.9 Å². The van der Waals surface area contributed by atoms with Gasteiger partial charge in [0.05, 0.1) is 0 Å². The number of hydrogen-bond donors (Lipinski definition) is 1. The standard InChI is InChI=1S/C13H9BrFNO/c14-10-6-9(7-11(15)8-10)13(17)16-12-4-2-1-3-5-12/h1-8H,(H,16,17). The number of benzene rings is 2. The van der Waals surface area contributed by atoms with Crippen LogP contribution in [0.2, 0.25) is 0 Å². The molecule has 0 atom stereocenters. The third kappa shape index (κ3) is 3.14. The molecule has 0 unspecified atom stereocenters. The molecule has 0 aliphatic rings. The Kier molecular flexibility index (Phi) is 3.54. The third-order valence-corrected chi connectivity index (χ3v) is 2.61. The highest BCUT2D eigenvalue weighted by molar-refractivity contribution is 9.10. The lowest BCUT2D eigenvalue weighted by molar-refractivity contribution is 0.102. The molecule has 0 saturated heterocycles. The molecule has 2 aromatic rings. The van der Waals surface area contributed by atoms with Crippen molar-refractivity contribution < 1.29 is 9.18 Å². The van der Waals surface area contributed by atoms with Crippen molar-refractivity contribution in [2.45, 2.75) is 0 Å². The second-order valence-electron chi connectivity index (χ2n) is 3.48. The maximum atomic E-state index is 13.1. The van der Waals surface area contributed by atoms with Crippen LogP contribution in [0.1, 0.15) is 10.4 Å². The fraction of sp³-hybridized carbons (Fsp3) is 0. The third-order valence-electron chi connectivity index (χ3n) is 2.16. The Labute approximate surface area is 107 Å². The SMILES string of the molecule is O=C(Nc1ccccc1)c1cc(F)cc(Br)c1. The summed E-state index contributed by atoms with van der Waals surface area (Å²) in [4.78, 5) is 11.8. The first-order valence-corrected chi connectivity index (χ1v) is 5.77. The molecule has 0 aliphatic carbocycles. The molecule has 4 heteroatoms. The molecule has 2 aromatic carbocycles. The number of para-hydroxylation sites is 1. The van der Waals surface area contributed by atoms with Gasteiger partial charge in [0.2, 0.25) is 0 Å². The number of nitrogens with one attached hydrogen (secondary N) is 1. The van der Waals surface area contributed by atoms with E-state index in [0.717, 1.165) is 0 Å². The first-order valence-electron chi connectivity index (χ1n) is 4.97. The van der Waals surface area contributed by atoms with Gasteiger partial charge in [0.15, 0.2) is 0 Å². The highest BCUT2D eigenvalue weighted by atomic mass is 79.9. The van der Waals surface area contributed by atoms with E-state index in [2.05, 4.69) is 21.2 Å². The Morgan fingerprint density at radius 2 is 1.82 bits per heavy atom. The summed E-state index contributed by atoms with van der Waals surface area (Å²) < 4.78 is 13.7. The van der Waals surface area contributed by atoms with E-state index in [1.165, 1.54) is 12.1 Å². The summed E-state index contributed by atoms with van der Waals surface area (Å²) in [5, 5.41) is 2.69. The topological polar surface area (TPSA) is 29.1 Å². The number of amides is 1. The average Bonchev–Trinajstić information content (AvgIpc) is 2.29. The number of hydrogen-bond acceptors (Lipinski definition) is 1. The summed E-state index contributed by atoms with van der Waals surface area (Å²) in [6, 6.07) is 13.1. The van der Waals surface area contributed by atoms with Gasteiger partial charge in [0, 0.05) is 15.7 Å². The van der Waals surface area contributed by atoms with Crippen molar-refractivity contribution in [2.75, 3.05) is 5.32 Å². The lowest BCUT2D eigenvalue weighted by Crippen LogP contribution is -2.12. The summed E-state index contributed by atoms with van der Waals surface area (Å²) >= 11 is 3.15. The zero-order valence-corrected chi connectivity index (χ0v) is 10.4. The molecule has 2 rings (SSSR count). The van der Waals surface area contributed by atoms with Crippen LogP contribution in [0.5, 0.6) is 0 Å². The molecule has 2 nitrogen and oxygen atoms in total. The van der Waals surface area contributed by atoms with Crippen LogP contribution in [-0.4, -0.2) is 5.91 Å². The van der Waals surface area contributed by atoms with Crippen LogP contribution in [-0.2, 0) is 0 Å². The molecule has 0 bridgehead atoms. The molecule has 0 saturated carbocycles. The Balaban J connectivity index is 2.20. The molecule has 0 spiro atoms. The Morgan fingerprint density at radius 1 is 1.12 bits per heavy atom. The van der Waals surface area contributed by atoms with Crippen molar-refractivity contribution in [2.24, 2.45) is 0 Å². The Bertz CT molecular complexity index is 522. The number of rotatable bonds is 2. The second-order valence-corrected chi connectivity index (χ2v) is 4.39. The van der Waals surface area contributed by atoms with Gasteiger partial charge in [-0.2, -0.15) is 0 Å². The number of carbonyl (C=O) groups is 1. The Morgan fingerprint density at radius 3 is 2.47 bits per heavy atom. The quantitative estimate of drug-likeness (QED) is 0.895. The van der Waals surface area contributed by atoms with E-state index in [0.29, 0.717) is 10.2 Å². The van der Waals surface area contributed by atoms with Gasteiger partial charge >= 0.3 is 0 Å². The molecule has 0 aliphatic heterocycles. The van der Waals surface area contributed by atoms with E-state index in [-0.39, 0.29) is 11.5 Å². The maximum Gasteiger partial charge on any atom is 0.255 e. The minimum absolute atomic E-state index is 0.278. The van der Waals surface area contributed by atoms with Crippen LogP contribution in [0.4, 0.5) is 10.1 Å². The average molecular weight is 294 g/mol. The van der Waals surface area contributed by atoms with Crippen LogP contribution < -0.4 is 5.32 Å². The van der Waals surface area contributed by atoms with E-state index < -0.39 is 5.82 Å². The molecule has 86 valence electrons. The molecule has 17 heavy (non-hydrogen) atoms. The highest BCUT2D eigenvalue weighted by Crippen LogP contribution is 2.16. The summed E-state index contributed by atoms with van der Waals surface area (Å²) in [7, 11) is 0. The largest absolute Gasteiger partial charge is 0.322 e. The minimum Gasteiger partial charge on any atom is -0.322 e. The predicted molar refractivity (Wildman–Crippen MR) is 68.5 cm³/mol. The van der Waals surface area contributed by atoms with E-state index in [4.69, 9.17) is 0 Å². The van der Waals surface area contributed by atoms with Gasteiger partial charge in [-0.05, 0) is 30.3 Å². The smallest absolute Gasteiger partial charge is 0.255 e. The van der Waals surface area contributed by atoms with Crippen LogP contribution in [0, 0.1) is 5.82 Å². The summed E-state index contributed by atoms with van der Waals surface area (Å²) in [5.41, 5.74) is 0.957. The first kappa shape index (κ1) is 11.8. The van der Waals surface area contributed by atoms with E-state index >= 15 is 0 Å². The molecular weight excluding hydrogens is 285 g/mol. The lowest BCUT2D eigenvalue weighted by atomic mass is 10.2. The van der Waals surface area contributed by atoms with Gasteiger partial charge in [0.25, 0.3) is 5.91 Å². The summed E-state index contributed by atoms with van der Waals surface area (Å²) in [5.74, 6) is -0.783. The van der Waals surface area contributed by atoms with Gasteiger partial charge < -0.3 is 5.32 Å². The zero-order valence-electron chi connectivity index (χ0n) is 8.78. The molecule has 1 N–H and O–H groups in total.